The highest BCUT2D eigenvalue weighted by Crippen LogP contribution is 2.18. The van der Waals surface area contributed by atoms with Crippen molar-refractivity contribution >= 4 is 23.3 Å². The fourth-order valence-corrected chi connectivity index (χ4v) is 1.83. The first-order valence-corrected chi connectivity index (χ1v) is 6.02. The summed E-state index contributed by atoms with van der Waals surface area (Å²) >= 11 is 0. The van der Waals surface area contributed by atoms with E-state index in [9.17, 15) is 4.79 Å². The van der Waals surface area contributed by atoms with Crippen LogP contribution in [-0.2, 0) is 0 Å². The van der Waals surface area contributed by atoms with Gasteiger partial charge in [0.25, 0.3) is 0 Å². The van der Waals surface area contributed by atoms with Crippen LogP contribution in [0.15, 0.2) is 36.8 Å². The number of pyridine rings is 1. The summed E-state index contributed by atoms with van der Waals surface area (Å²) in [6.07, 6.45) is 4.48. The summed E-state index contributed by atoms with van der Waals surface area (Å²) in [6, 6.07) is 5.11. The maximum Gasteiger partial charge on any atom is 0.341 e. The van der Waals surface area contributed by atoms with Gasteiger partial charge in [0.2, 0.25) is 0 Å². The Morgan fingerprint density at radius 1 is 1.38 bits per heavy atom. The van der Waals surface area contributed by atoms with Crippen molar-refractivity contribution in [1.82, 2.24) is 19.6 Å². The smallest absolute Gasteiger partial charge is 0.341 e. The Balaban J connectivity index is 1.96. The van der Waals surface area contributed by atoms with Crippen molar-refractivity contribution in [2.24, 2.45) is 0 Å². The highest BCUT2D eigenvalue weighted by atomic mass is 16.5. The minimum atomic E-state index is -1.07. The average Bonchev–Trinajstić information content (AvgIpc) is 2.91. The van der Waals surface area contributed by atoms with E-state index in [2.05, 4.69) is 20.4 Å². The van der Waals surface area contributed by atoms with Gasteiger partial charge in [-0.3, -0.25) is 0 Å². The van der Waals surface area contributed by atoms with Gasteiger partial charge < -0.3 is 15.2 Å². The minimum Gasteiger partial charge on any atom is -0.497 e. The first kappa shape index (κ1) is 12.9. The average molecular weight is 285 g/mol. The second-order valence-corrected chi connectivity index (χ2v) is 4.15. The van der Waals surface area contributed by atoms with Gasteiger partial charge in [-0.15, -0.1) is 0 Å². The number of rotatable bonds is 4. The maximum absolute atomic E-state index is 11.1. The molecule has 3 aromatic rings. The van der Waals surface area contributed by atoms with E-state index in [4.69, 9.17) is 9.84 Å². The molecule has 0 amide bonds. The van der Waals surface area contributed by atoms with Gasteiger partial charge in [-0.25, -0.2) is 19.3 Å². The molecule has 3 rings (SSSR count). The molecule has 0 saturated heterocycles. The molecular weight excluding hydrogens is 274 g/mol. The summed E-state index contributed by atoms with van der Waals surface area (Å²) in [4.78, 5) is 19.5. The summed E-state index contributed by atoms with van der Waals surface area (Å²) in [6.45, 7) is 0. The van der Waals surface area contributed by atoms with Crippen molar-refractivity contribution in [2.75, 3.05) is 12.4 Å². The highest BCUT2D eigenvalue weighted by molar-refractivity contribution is 5.94. The number of carboxylic acids is 1. The van der Waals surface area contributed by atoms with Gasteiger partial charge in [-0.05, 0) is 12.1 Å². The predicted octanol–water partition coefficient (Wildman–Crippen LogP) is 1.57. The molecule has 0 spiro atoms. The molecule has 106 valence electrons. The number of anilines is 2. The third-order valence-corrected chi connectivity index (χ3v) is 2.82. The zero-order valence-electron chi connectivity index (χ0n) is 11.0. The van der Waals surface area contributed by atoms with Crippen LogP contribution in [-0.4, -0.2) is 37.8 Å². The van der Waals surface area contributed by atoms with E-state index in [1.807, 2.05) is 0 Å². The first-order valence-electron chi connectivity index (χ1n) is 6.02. The maximum atomic E-state index is 11.1. The Labute approximate surface area is 119 Å². The normalized spacial score (nSPS) is 10.5. The van der Waals surface area contributed by atoms with Crippen LogP contribution < -0.4 is 10.1 Å². The van der Waals surface area contributed by atoms with Crippen LogP contribution in [0.25, 0.3) is 5.65 Å². The van der Waals surface area contributed by atoms with E-state index in [-0.39, 0.29) is 11.2 Å². The van der Waals surface area contributed by atoms with Crippen molar-refractivity contribution in [2.45, 2.75) is 0 Å². The van der Waals surface area contributed by atoms with Gasteiger partial charge in [0.05, 0.1) is 13.3 Å². The number of nitrogens with one attached hydrogen (secondary N) is 1. The summed E-state index contributed by atoms with van der Waals surface area (Å²) < 4.78 is 6.51. The van der Waals surface area contributed by atoms with Crippen LogP contribution in [0.4, 0.5) is 11.6 Å². The molecule has 3 heterocycles. The van der Waals surface area contributed by atoms with Crippen molar-refractivity contribution < 1.29 is 14.6 Å². The van der Waals surface area contributed by atoms with Crippen LogP contribution in [0.3, 0.4) is 0 Å². The molecule has 0 saturated carbocycles. The number of ether oxygens (including phenoxy) is 1. The Bertz CT molecular complexity index is 814. The summed E-state index contributed by atoms with van der Waals surface area (Å²) in [7, 11) is 1.56. The van der Waals surface area contributed by atoms with Gasteiger partial charge in [0, 0.05) is 18.5 Å². The summed E-state index contributed by atoms with van der Waals surface area (Å²) in [5.41, 5.74) is 0.299. The van der Waals surface area contributed by atoms with E-state index < -0.39 is 5.97 Å². The van der Waals surface area contributed by atoms with Crippen LogP contribution >= 0.6 is 0 Å². The fraction of sp³-hybridized carbons (Fsp3) is 0.0769. The topological polar surface area (TPSA) is 102 Å². The standard InChI is InChI=1S/C13H11N5O3/c1-21-8-2-4-14-11(6-8)16-10-3-5-18-12(17-10)9(7-15-18)13(19)20/h2-7H,1H3,(H,19,20)(H,14,16,17). The number of aromatic nitrogens is 4. The fourth-order valence-electron chi connectivity index (χ4n) is 1.83. The lowest BCUT2D eigenvalue weighted by molar-refractivity contribution is 0.0699. The van der Waals surface area contributed by atoms with E-state index in [1.54, 1.807) is 37.7 Å². The minimum absolute atomic E-state index is 0.0391. The van der Waals surface area contributed by atoms with Crippen LogP contribution in [0.5, 0.6) is 5.75 Å². The quantitative estimate of drug-likeness (QED) is 0.750. The molecule has 2 N–H and O–H groups in total. The Kier molecular flexibility index (Phi) is 3.11. The lowest BCUT2D eigenvalue weighted by atomic mass is 10.3. The number of aromatic carboxylic acids is 1. The molecule has 0 aliphatic carbocycles. The molecule has 8 heteroatoms. The largest absolute Gasteiger partial charge is 0.497 e. The molecule has 0 aliphatic rings. The second kappa shape index (κ2) is 5.08. The SMILES string of the molecule is COc1ccnc(Nc2ccn3ncc(C(=O)O)c3n2)c1. The lowest BCUT2D eigenvalue weighted by Crippen LogP contribution is -2.01. The third kappa shape index (κ3) is 2.46. The summed E-state index contributed by atoms with van der Waals surface area (Å²) in [5.74, 6) is 0.590. The van der Waals surface area contributed by atoms with Crippen molar-refractivity contribution in [3.8, 4) is 5.75 Å². The van der Waals surface area contributed by atoms with Crippen LogP contribution in [0.1, 0.15) is 10.4 Å². The third-order valence-electron chi connectivity index (χ3n) is 2.82. The number of nitrogens with zero attached hydrogens (tertiary/aromatic N) is 4. The van der Waals surface area contributed by atoms with E-state index >= 15 is 0 Å². The van der Waals surface area contributed by atoms with E-state index in [0.29, 0.717) is 17.4 Å². The molecule has 3 aromatic heterocycles. The zero-order chi connectivity index (χ0) is 14.8. The zero-order valence-corrected chi connectivity index (χ0v) is 11.0. The molecule has 0 atom stereocenters. The van der Waals surface area contributed by atoms with Crippen molar-refractivity contribution in [3.63, 3.8) is 0 Å². The van der Waals surface area contributed by atoms with Crippen molar-refractivity contribution in [3.05, 3.63) is 42.4 Å². The van der Waals surface area contributed by atoms with Gasteiger partial charge in [0.15, 0.2) is 5.65 Å². The Hall–Kier alpha value is -3.16. The van der Waals surface area contributed by atoms with Gasteiger partial charge in [-0.2, -0.15) is 5.10 Å². The molecule has 21 heavy (non-hydrogen) atoms. The van der Waals surface area contributed by atoms with Crippen molar-refractivity contribution in [1.29, 1.82) is 0 Å². The van der Waals surface area contributed by atoms with Gasteiger partial charge in [-0.1, -0.05) is 0 Å². The van der Waals surface area contributed by atoms with Gasteiger partial charge in [0.1, 0.15) is 22.9 Å². The van der Waals surface area contributed by atoms with Crippen LogP contribution in [0.2, 0.25) is 0 Å². The van der Waals surface area contributed by atoms with E-state index in [0.717, 1.165) is 0 Å². The number of carboxylic acid groups (broad SMARTS) is 1. The molecule has 0 unspecified atom stereocenters. The highest BCUT2D eigenvalue weighted by Gasteiger charge is 2.13. The summed E-state index contributed by atoms with van der Waals surface area (Å²) in [5, 5.41) is 16.0. The molecule has 0 bridgehead atoms. The molecular formula is C13H11N5O3. The number of carbonyl (C=O) groups is 1. The molecule has 0 fully saturated rings. The molecule has 8 nitrogen and oxygen atoms in total. The Morgan fingerprint density at radius 2 is 2.24 bits per heavy atom. The molecule has 0 aromatic carbocycles. The Morgan fingerprint density at radius 3 is 3.00 bits per heavy atom. The number of fused-ring (bicyclic) bond motifs is 1. The molecule has 0 aliphatic heterocycles. The molecule has 0 radical (unpaired) electrons. The predicted molar refractivity (Wildman–Crippen MR) is 74.0 cm³/mol. The van der Waals surface area contributed by atoms with Crippen LogP contribution in [0, 0.1) is 0 Å². The number of hydrogen-bond donors (Lipinski definition) is 2. The first-order chi connectivity index (χ1) is 10.2. The number of methoxy groups -OCH3 is 1. The van der Waals surface area contributed by atoms with E-state index in [1.165, 1.54) is 10.7 Å². The lowest BCUT2D eigenvalue weighted by Gasteiger charge is -2.06. The van der Waals surface area contributed by atoms with Gasteiger partial charge >= 0.3 is 5.97 Å². The number of hydrogen-bond acceptors (Lipinski definition) is 6. The monoisotopic (exact) mass is 285 g/mol. The second-order valence-electron chi connectivity index (χ2n) is 4.15.